The van der Waals surface area contributed by atoms with Crippen LogP contribution in [0.1, 0.15) is 16.6 Å². The average Bonchev–Trinajstić information content (AvgIpc) is 2.60. The zero-order valence-corrected chi connectivity index (χ0v) is 10.6. The van der Waals surface area contributed by atoms with Crippen LogP contribution >= 0.6 is 27.3 Å². The van der Waals surface area contributed by atoms with E-state index in [1.165, 1.54) is 11.3 Å². The van der Waals surface area contributed by atoms with Crippen LogP contribution in [0, 0.1) is 0 Å². The van der Waals surface area contributed by atoms with Crippen molar-refractivity contribution in [2.45, 2.75) is 19.1 Å². The topological polar surface area (TPSA) is 75.3 Å². The lowest BCUT2D eigenvalue weighted by Crippen LogP contribution is -2.43. The summed E-state index contributed by atoms with van der Waals surface area (Å²) >= 11 is 4.63. The molecule has 1 aromatic rings. The molecule has 0 aliphatic heterocycles. The Morgan fingerprint density at radius 1 is 1.73 bits per heavy atom. The lowest BCUT2D eigenvalue weighted by Gasteiger charge is -2.14. The summed E-state index contributed by atoms with van der Waals surface area (Å²) in [6, 6.07) is 3.11. The number of amides is 1. The second-order valence-corrected chi connectivity index (χ2v) is 5.68. The van der Waals surface area contributed by atoms with Gasteiger partial charge in [0.05, 0.1) is 14.8 Å². The van der Waals surface area contributed by atoms with E-state index in [9.17, 15) is 4.79 Å². The van der Waals surface area contributed by atoms with Crippen molar-refractivity contribution in [3.63, 3.8) is 0 Å². The van der Waals surface area contributed by atoms with Crippen molar-refractivity contribution in [1.82, 2.24) is 5.32 Å². The maximum absolute atomic E-state index is 11.5. The van der Waals surface area contributed by atoms with Crippen molar-refractivity contribution in [1.29, 1.82) is 0 Å². The molecule has 4 nitrogen and oxygen atoms in total. The van der Waals surface area contributed by atoms with Gasteiger partial charge in [0, 0.05) is 12.6 Å². The molecule has 6 heteroatoms. The number of nitrogens with two attached hydrogens (primary N) is 1. The van der Waals surface area contributed by atoms with Crippen LogP contribution < -0.4 is 11.1 Å². The van der Waals surface area contributed by atoms with Gasteiger partial charge in [-0.1, -0.05) is 0 Å². The SMILES string of the molecule is CC(O)C(N)CNC(=O)c1ccc(Br)s1. The minimum atomic E-state index is -0.625. The van der Waals surface area contributed by atoms with Crippen LogP contribution in [0.15, 0.2) is 15.9 Å². The molecule has 2 unspecified atom stereocenters. The summed E-state index contributed by atoms with van der Waals surface area (Å²) in [6.07, 6.45) is -0.625. The number of hydrogen-bond donors (Lipinski definition) is 3. The van der Waals surface area contributed by atoms with Crippen LogP contribution in [-0.4, -0.2) is 29.7 Å². The first-order valence-electron chi connectivity index (χ1n) is 4.48. The van der Waals surface area contributed by atoms with Gasteiger partial charge >= 0.3 is 0 Å². The quantitative estimate of drug-likeness (QED) is 0.773. The largest absolute Gasteiger partial charge is 0.392 e. The summed E-state index contributed by atoms with van der Waals surface area (Å²) in [5.41, 5.74) is 5.58. The van der Waals surface area contributed by atoms with Gasteiger partial charge in [0.15, 0.2) is 0 Å². The van der Waals surface area contributed by atoms with Crippen molar-refractivity contribution in [2.24, 2.45) is 5.73 Å². The van der Waals surface area contributed by atoms with Crippen molar-refractivity contribution < 1.29 is 9.90 Å². The average molecular weight is 293 g/mol. The highest BCUT2D eigenvalue weighted by molar-refractivity contribution is 9.11. The number of rotatable bonds is 4. The van der Waals surface area contributed by atoms with Crippen molar-refractivity contribution in [2.75, 3.05) is 6.54 Å². The molecule has 0 bridgehead atoms. The minimum Gasteiger partial charge on any atom is -0.392 e. The summed E-state index contributed by atoms with van der Waals surface area (Å²) < 4.78 is 0.910. The van der Waals surface area contributed by atoms with Crippen LogP contribution in [0.2, 0.25) is 0 Å². The number of aliphatic hydroxyl groups excluding tert-OH is 1. The molecule has 0 radical (unpaired) electrons. The van der Waals surface area contributed by atoms with Crippen LogP contribution in [0.4, 0.5) is 0 Å². The molecule has 84 valence electrons. The summed E-state index contributed by atoms with van der Waals surface area (Å²) in [7, 11) is 0. The fourth-order valence-electron chi connectivity index (χ4n) is 0.905. The second-order valence-electron chi connectivity index (χ2n) is 3.22. The molecule has 1 amide bonds. The summed E-state index contributed by atoms with van der Waals surface area (Å²) in [4.78, 5) is 12.2. The summed E-state index contributed by atoms with van der Waals surface area (Å²) in [5.74, 6) is -0.165. The van der Waals surface area contributed by atoms with Crippen molar-refractivity contribution in [3.8, 4) is 0 Å². The predicted molar refractivity (Wildman–Crippen MR) is 64.0 cm³/mol. The third-order valence-electron chi connectivity index (χ3n) is 1.91. The monoisotopic (exact) mass is 292 g/mol. The van der Waals surface area contributed by atoms with Crippen LogP contribution in [-0.2, 0) is 0 Å². The zero-order valence-electron chi connectivity index (χ0n) is 8.24. The third kappa shape index (κ3) is 3.90. The van der Waals surface area contributed by atoms with E-state index < -0.39 is 12.1 Å². The van der Waals surface area contributed by atoms with Crippen molar-refractivity contribution >= 4 is 33.2 Å². The molecular formula is C9H13BrN2O2S. The Morgan fingerprint density at radius 3 is 2.87 bits per heavy atom. The van der Waals surface area contributed by atoms with Crippen LogP contribution in [0.5, 0.6) is 0 Å². The van der Waals surface area contributed by atoms with Gasteiger partial charge in [0.2, 0.25) is 0 Å². The smallest absolute Gasteiger partial charge is 0.261 e. The van der Waals surface area contributed by atoms with E-state index in [0.717, 1.165) is 3.79 Å². The molecule has 1 aromatic heterocycles. The number of nitrogens with one attached hydrogen (secondary N) is 1. The first kappa shape index (κ1) is 12.6. The Labute approximate surface area is 101 Å². The predicted octanol–water partition coefficient (Wildman–Crippen LogP) is 0.949. The molecule has 0 fully saturated rings. The van der Waals surface area contributed by atoms with Crippen LogP contribution in [0.25, 0.3) is 0 Å². The first-order chi connectivity index (χ1) is 7.00. The summed E-state index contributed by atoms with van der Waals surface area (Å²) in [6.45, 7) is 1.87. The molecule has 2 atom stereocenters. The first-order valence-corrected chi connectivity index (χ1v) is 6.09. The maximum atomic E-state index is 11.5. The lowest BCUT2D eigenvalue weighted by atomic mass is 10.2. The van der Waals surface area contributed by atoms with Gasteiger partial charge < -0.3 is 16.2 Å². The Balaban J connectivity index is 2.43. The molecule has 0 saturated heterocycles. The molecule has 1 heterocycles. The molecule has 0 aliphatic carbocycles. The fourth-order valence-corrected chi connectivity index (χ4v) is 2.21. The molecule has 0 saturated carbocycles. The van der Waals surface area contributed by atoms with E-state index in [1.54, 1.807) is 13.0 Å². The number of carbonyl (C=O) groups excluding carboxylic acids is 1. The fraction of sp³-hybridized carbons (Fsp3) is 0.444. The zero-order chi connectivity index (χ0) is 11.4. The van der Waals surface area contributed by atoms with E-state index in [1.807, 2.05) is 6.07 Å². The Kier molecular flexibility index (Phi) is 4.72. The summed E-state index contributed by atoms with van der Waals surface area (Å²) in [5, 5.41) is 11.8. The molecule has 15 heavy (non-hydrogen) atoms. The van der Waals surface area contributed by atoms with Gasteiger partial charge in [-0.25, -0.2) is 0 Å². The normalized spacial score (nSPS) is 14.7. The number of thiophene rings is 1. The van der Waals surface area contributed by atoms with Gasteiger partial charge in [0.1, 0.15) is 0 Å². The Bertz CT molecular complexity index is 341. The van der Waals surface area contributed by atoms with E-state index in [2.05, 4.69) is 21.2 Å². The van der Waals surface area contributed by atoms with E-state index in [0.29, 0.717) is 4.88 Å². The Hall–Kier alpha value is -0.430. The van der Waals surface area contributed by atoms with Gasteiger partial charge in [0.25, 0.3) is 5.91 Å². The number of aliphatic hydroxyl groups is 1. The van der Waals surface area contributed by atoms with Gasteiger partial charge in [-0.2, -0.15) is 0 Å². The van der Waals surface area contributed by atoms with Gasteiger partial charge in [-0.3, -0.25) is 4.79 Å². The Morgan fingerprint density at radius 2 is 2.40 bits per heavy atom. The standard InChI is InChI=1S/C9H13BrN2O2S/c1-5(13)6(11)4-12-9(14)7-2-3-8(10)15-7/h2-3,5-6,13H,4,11H2,1H3,(H,12,14). The molecule has 1 rings (SSSR count). The third-order valence-corrected chi connectivity index (χ3v) is 3.54. The molecule has 0 spiro atoms. The van der Waals surface area contributed by atoms with Crippen LogP contribution in [0.3, 0.4) is 0 Å². The number of carbonyl (C=O) groups is 1. The maximum Gasteiger partial charge on any atom is 0.261 e. The number of halogens is 1. The minimum absolute atomic E-state index is 0.165. The highest BCUT2D eigenvalue weighted by atomic mass is 79.9. The highest BCUT2D eigenvalue weighted by Gasteiger charge is 2.12. The lowest BCUT2D eigenvalue weighted by molar-refractivity contribution is 0.0941. The second kappa shape index (κ2) is 5.60. The van der Waals surface area contributed by atoms with Gasteiger partial charge in [-0.15, -0.1) is 11.3 Å². The van der Waals surface area contributed by atoms with E-state index in [4.69, 9.17) is 10.8 Å². The molecule has 4 N–H and O–H groups in total. The van der Waals surface area contributed by atoms with E-state index in [-0.39, 0.29) is 12.5 Å². The highest BCUT2D eigenvalue weighted by Crippen LogP contribution is 2.21. The van der Waals surface area contributed by atoms with Crippen molar-refractivity contribution in [3.05, 3.63) is 20.8 Å². The molecule has 0 aliphatic rings. The molecular weight excluding hydrogens is 280 g/mol. The van der Waals surface area contributed by atoms with E-state index >= 15 is 0 Å². The number of hydrogen-bond acceptors (Lipinski definition) is 4. The van der Waals surface area contributed by atoms with Gasteiger partial charge in [-0.05, 0) is 35.0 Å². The molecule has 0 aromatic carbocycles.